The smallest absolute Gasteiger partial charge is 0.0624 e. The Morgan fingerprint density at radius 3 is 2.08 bits per heavy atom. The summed E-state index contributed by atoms with van der Waals surface area (Å²) in [6, 6.07) is 2.29. The zero-order valence-corrected chi connectivity index (χ0v) is 9.14. The summed E-state index contributed by atoms with van der Waals surface area (Å²) < 4.78 is 0. The van der Waals surface area contributed by atoms with E-state index in [1.165, 1.54) is 25.7 Å². The minimum Gasteiger partial charge on any atom is -0.198 e. The molecule has 0 N–H and O–H groups in total. The third-order valence-electron chi connectivity index (χ3n) is 3.45. The molecule has 0 radical (unpaired) electrons. The maximum absolute atomic E-state index is 8.59. The van der Waals surface area contributed by atoms with Crippen molar-refractivity contribution < 1.29 is 0 Å². The second kappa shape index (κ2) is 4.13. The molecule has 13 heavy (non-hydrogen) atoms. The van der Waals surface area contributed by atoms with Gasteiger partial charge in [0.15, 0.2) is 0 Å². The summed E-state index contributed by atoms with van der Waals surface area (Å²) in [4.78, 5) is 0. The van der Waals surface area contributed by atoms with Crippen molar-refractivity contribution in [2.75, 3.05) is 0 Å². The molecule has 74 valence electrons. The van der Waals surface area contributed by atoms with Crippen molar-refractivity contribution in [1.29, 1.82) is 5.26 Å². The topological polar surface area (TPSA) is 23.8 Å². The fourth-order valence-electron chi connectivity index (χ4n) is 2.36. The van der Waals surface area contributed by atoms with E-state index >= 15 is 0 Å². The van der Waals surface area contributed by atoms with Crippen LogP contribution in [0.25, 0.3) is 0 Å². The Hall–Kier alpha value is -0.510. The standard InChI is InChI=1S/C12H21N/c1-12(2,3)11-6-4-10(5-7-11)8-9-13/h10-11H,4-8H2,1-3H3. The SMILES string of the molecule is CC(C)(C)C1CCC(CC#N)CC1. The van der Waals surface area contributed by atoms with Gasteiger partial charge in [0.2, 0.25) is 0 Å². The van der Waals surface area contributed by atoms with E-state index in [4.69, 9.17) is 5.26 Å². The van der Waals surface area contributed by atoms with Gasteiger partial charge in [-0.05, 0) is 42.9 Å². The fourth-order valence-corrected chi connectivity index (χ4v) is 2.36. The van der Waals surface area contributed by atoms with Crippen molar-refractivity contribution in [3.8, 4) is 6.07 Å². The molecule has 1 rings (SSSR count). The summed E-state index contributed by atoms with van der Waals surface area (Å²) in [5.41, 5.74) is 0.470. The van der Waals surface area contributed by atoms with Gasteiger partial charge < -0.3 is 0 Å². The molecule has 1 fully saturated rings. The van der Waals surface area contributed by atoms with Crippen molar-refractivity contribution >= 4 is 0 Å². The van der Waals surface area contributed by atoms with E-state index in [1.807, 2.05) is 0 Å². The van der Waals surface area contributed by atoms with Crippen LogP contribution in [0, 0.1) is 28.6 Å². The first kappa shape index (κ1) is 10.6. The third kappa shape index (κ3) is 3.03. The van der Waals surface area contributed by atoms with Gasteiger partial charge in [-0.15, -0.1) is 0 Å². The van der Waals surface area contributed by atoms with Crippen LogP contribution < -0.4 is 0 Å². The fraction of sp³-hybridized carbons (Fsp3) is 0.917. The molecule has 0 spiro atoms. The molecule has 0 heterocycles. The van der Waals surface area contributed by atoms with Crippen LogP contribution >= 0.6 is 0 Å². The highest BCUT2D eigenvalue weighted by atomic mass is 14.3. The van der Waals surface area contributed by atoms with Crippen LogP contribution in [-0.2, 0) is 0 Å². The van der Waals surface area contributed by atoms with Gasteiger partial charge in [-0.25, -0.2) is 0 Å². The predicted octanol–water partition coefficient (Wildman–Crippen LogP) is 3.75. The van der Waals surface area contributed by atoms with Crippen molar-refractivity contribution in [2.45, 2.75) is 52.9 Å². The summed E-state index contributed by atoms with van der Waals surface area (Å²) in [7, 11) is 0. The summed E-state index contributed by atoms with van der Waals surface area (Å²) in [5, 5.41) is 8.59. The molecule has 1 saturated carbocycles. The van der Waals surface area contributed by atoms with Gasteiger partial charge >= 0.3 is 0 Å². The maximum Gasteiger partial charge on any atom is 0.0624 e. The van der Waals surface area contributed by atoms with Crippen LogP contribution in [0.3, 0.4) is 0 Å². The first-order valence-electron chi connectivity index (χ1n) is 5.41. The average molecular weight is 179 g/mol. The van der Waals surface area contributed by atoms with E-state index in [2.05, 4.69) is 26.8 Å². The number of nitriles is 1. The van der Waals surface area contributed by atoms with Gasteiger partial charge in [-0.3, -0.25) is 0 Å². The third-order valence-corrected chi connectivity index (χ3v) is 3.45. The predicted molar refractivity (Wildman–Crippen MR) is 55.1 cm³/mol. The molecule has 1 aliphatic carbocycles. The molecule has 0 saturated heterocycles. The molecule has 0 amide bonds. The van der Waals surface area contributed by atoms with Crippen LogP contribution in [0.2, 0.25) is 0 Å². The Kier molecular flexibility index (Phi) is 3.36. The van der Waals surface area contributed by atoms with Gasteiger partial charge in [-0.2, -0.15) is 5.26 Å². The molecule has 0 aromatic carbocycles. The van der Waals surface area contributed by atoms with Gasteiger partial charge in [0, 0.05) is 6.42 Å². The molecule has 0 unspecified atom stereocenters. The highest BCUT2D eigenvalue weighted by molar-refractivity contribution is 4.84. The summed E-state index contributed by atoms with van der Waals surface area (Å²) in [6.07, 6.45) is 5.98. The minimum atomic E-state index is 0.470. The zero-order chi connectivity index (χ0) is 9.90. The largest absolute Gasteiger partial charge is 0.198 e. The van der Waals surface area contributed by atoms with Gasteiger partial charge in [-0.1, -0.05) is 20.8 Å². The number of nitrogens with zero attached hydrogens (tertiary/aromatic N) is 1. The Balaban J connectivity index is 2.36. The lowest BCUT2D eigenvalue weighted by atomic mass is 9.69. The van der Waals surface area contributed by atoms with Crippen molar-refractivity contribution in [2.24, 2.45) is 17.3 Å². The van der Waals surface area contributed by atoms with E-state index in [9.17, 15) is 0 Å². The number of hydrogen-bond donors (Lipinski definition) is 0. The molecule has 0 bridgehead atoms. The highest BCUT2D eigenvalue weighted by Gasteiger charge is 2.29. The van der Waals surface area contributed by atoms with Gasteiger partial charge in [0.1, 0.15) is 0 Å². The molecule has 1 aliphatic rings. The lowest BCUT2D eigenvalue weighted by Gasteiger charge is -2.36. The number of hydrogen-bond acceptors (Lipinski definition) is 1. The Morgan fingerprint density at radius 2 is 1.69 bits per heavy atom. The summed E-state index contributed by atoms with van der Waals surface area (Å²) in [6.45, 7) is 7.01. The molecule has 0 aliphatic heterocycles. The lowest BCUT2D eigenvalue weighted by Crippen LogP contribution is -2.25. The lowest BCUT2D eigenvalue weighted by molar-refractivity contribution is 0.151. The molecule has 1 nitrogen and oxygen atoms in total. The van der Waals surface area contributed by atoms with Crippen LogP contribution in [0.5, 0.6) is 0 Å². The van der Waals surface area contributed by atoms with Crippen LogP contribution in [0.1, 0.15) is 52.9 Å². The van der Waals surface area contributed by atoms with Gasteiger partial charge in [0.25, 0.3) is 0 Å². The molecular formula is C12H21N. The molecule has 0 atom stereocenters. The second-order valence-corrected chi connectivity index (χ2v) is 5.45. The normalized spacial score (nSPS) is 29.7. The van der Waals surface area contributed by atoms with Gasteiger partial charge in [0.05, 0.1) is 6.07 Å². The summed E-state index contributed by atoms with van der Waals surface area (Å²) >= 11 is 0. The van der Waals surface area contributed by atoms with E-state index in [0.717, 1.165) is 12.3 Å². The van der Waals surface area contributed by atoms with Crippen molar-refractivity contribution in [3.63, 3.8) is 0 Å². The Bertz CT molecular complexity index is 186. The zero-order valence-electron chi connectivity index (χ0n) is 9.14. The number of rotatable bonds is 1. The highest BCUT2D eigenvalue weighted by Crippen LogP contribution is 2.40. The van der Waals surface area contributed by atoms with Crippen LogP contribution in [0.4, 0.5) is 0 Å². The monoisotopic (exact) mass is 179 g/mol. The van der Waals surface area contributed by atoms with E-state index < -0.39 is 0 Å². The maximum atomic E-state index is 8.59. The Labute approximate surface area is 82.1 Å². The summed E-state index contributed by atoms with van der Waals surface area (Å²) in [5.74, 6) is 1.58. The van der Waals surface area contributed by atoms with E-state index in [-0.39, 0.29) is 0 Å². The molecule has 1 heteroatoms. The first-order chi connectivity index (χ1) is 6.04. The average Bonchev–Trinajstić information content (AvgIpc) is 2.04. The van der Waals surface area contributed by atoms with E-state index in [1.54, 1.807) is 0 Å². The van der Waals surface area contributed by atoms with Crippen molar-refractivity contribution in [3.05, 3.63) is 0 Å². The van der Waals surface area contributed by atoms with E-state index in [0.29, 0.717) is 11.3 Å². The minimum absolute atomic E-state index is 0.470. The van der Waals surface area contributed by atoms with Crippen LogP contribution in [-0.4, -0.2) is 0 Å². The quantitative estimate of drug-likeness (QED) is 0.601. The Morgan fingerprint density at radius 1 is 1.15 bits per heavy atom. The molecule has 0 aromatic rings. The molecule has 0 aromatic heterocycles. The van der Waals surface area contributed by atoms with Crippen molar-refractivity contribution in [1.82, 2.24) is 0 Å². The van der Waals surface area contributed by atoms with Crippen LogP contribution in [0.15, 0.2) is 0 Å². The first-order valence-corrected chi connectivity index (χ1v) is 5.41. The second-order valence-electron chi connectivity index (χ2n) is 5.45. The molecular weight excluding hydrogens is 158 g/mol.